The lowest BCUT2D eigenvalue weighted by molar-refractivity contribution is -0.132. The Morgan fingerprint density at radius 3 is 2.26 bits per heavy atom. The van der Waals surface area contributed by atoms with Crippen LogP contribution < -0.4 is 4.72 Å². The first kappa shape index (κ1) is 19.9. The number of nitrogens with zero attached hydrogens (tertiary/aromatic N) is 1. The lowest BCUT2D eigenvalue weighted by Crippen LogP contribution is -2.39. The quantitative estimate of drug-likeness (QED) is 0.794. The van der Waals surface area contributed by atoms with Gasteiger partial charge in [-0.15, -0.1) is 0 Å². The van der Waals surface area contributed by atoms with Gasteiger partial charge < -0.3 is 4.90 Å². The van der Waals surface area contributed by atoms with Gasteiger partial charge in [-0.1, -0.05) is 41.9 Å². The van der Waals surface area contributed by atoms with Crippen molar-refractivity contribution >= 4 is 27.5 Å². The minimum atomic E-state index is -3.78. The van der Waals surface area contributed by atoms with E-state index in [1.807, 2.05) is 35.2 Å². The van der Waals surface area contributed by atoms with Crippen LogP contribution in [0.4, 0.5) is 0 Å². The zero-order valence-electron chi connectivity index (χ0n) is 15.0. The number of rotatable bonds is 6. The molecule has 0 aliphatic carbocycles. The smallest absolute Gasteiger partial charge is 0.241 e. The van der Waals surface area contributed by atoms with Crippen molar-refractivity contribution in [2.24, 2.45) is 0 Å². The maximum absolute atomic E-state index is 12.8. The summed E-state index contributed by atoms with van der Waals surface area (Å²) in [4.78, 5) is 14.7. The predicted octanol–water partition coefficient (Wildman–Crippen LogP) is 3.76. The molecule has 3 rings (SSSR count). The first-order valence-electron chi connectivity index (χ1n) is 9.06. The number of amides is 1. The van der Waals surface area contributed by atoms with Crippen molar-refractivity contribution in [2.75, 3.05) is 13.1 Å². The second kappa shape index (κ2) is 8.87. The first-order chi connectivity index (χ1) is 13.0. The average Bonchev–Trinajstić information content (AvgIpc) is 2.69. The van der Waals surface area contributed by atoms with Gasteiger partial charge in [0.25, 0.3) is 0 Å². The van der Waals surface area contributed by atoms with Crippen LogP contribution in [0.1, 0.15) is 37.3 Å². The van der Waals surface area contributed by atoms with E-state index in [0.29, 0.717) is 5.02 Å². The Hall–Kier alpha value is -1.89. The molecule has 1 atom stereocenters. The highest BCUT2D eigenvalue weighted by molar-refractivity contribution is 7.89. The first-order valence-corrected chi connectivity index (χ1v) is 10.9. The number of hydrogen-bond acceptors (Lipinski definition) is 3. The van der Waals surface area contributed by atoms with Gasteiger partial charge in [0.05, 0.1) is 10.9 Å². The molecule has 0 aromatic heterocycles. The van der Waals surface area contributed by atoms with Gasteiger partial charge in [0.15, 0.2) is 0 Å². The fourth-order valence-corrected chi connectivity index (χ4v) is 4.58. The third-order valence-corrected chi connectivity index (χ3v) is 6.45. The molecule has 1 heterocycles. The van der Waals surface area contributed by atoms with Gasteiger partial charge in [0.1, 0.15) is 0 Å². The van der Waals surface area contributed by atoms with Gasteiger partial charge in [0.2, 0.25) is 15.9 Å². The standard InChI is InChI=1S/C20H23ClN2O3S/c21-17-9-11-18(12-10-17)27(25,26)22-19(16-7-3-1-4-8-16)15-20(24)23-13-5-2-6-14-23/h1,3-4,7-12,19,22H,2,5-6,13-15H2. The molecule has 1 N–H and O–H groups in total. The summed E-state index contributed by atoms with van der Waals surface area (Å²) in [5.41, 5.74) is 0.764. The Balaban J connectivity index is 1.81. The number of benzene rings is 2. The second-order valence-electron chi connectivity index (χ2n) is 6.68. The van der Waals surface area contributed by atoms with Crippen molar-refractivity contribution in [1.82, 2.24) is 9.62 Å². The van der Waals surface area contributed by atoms with Crippen LogP contribution in [-0.2, 0) is 14.8 Å². The fraction of sp³-hybridized carbons (Fsp3) is 0.350. The van der Waals surface area contributed by atoms with E-state index < -0.39 is 16.1 Å². The number of likely N-dealkylation sites (tertiary alicyclic amines) is 1. The number of piperidine rings is 1. The van der Waals surface area contributed by atoms with Gasteiger partial charge >= 0.3 is 0 Å². The summed E-state index contributed by atoms with van der Waals surface area (Å²) in [7, 11) is -3.78. The van der Waals surface area contributed by atoms with Gasteiger partial charge in [-0.2, -0.15) is 0 Å². The van der Waals surface area contributed by atoms with Gasteiger partial charge in [-0.3, -0.25) is 4.79 Å². The van der Waals surface area contributed by atoms with E-state index in [0.717, 1.165) is 37.9 Å². The molecule has 7 heteroatoms. The number of sulfonamides is 1. The van der Waals surface area contributed by atoms with Crippen molar-refractivity contribution in [3.8, 4) is 0 Å². The summed E-state index contributed by atoms with van der Waals surface area (Å²) in [6, 6.07) is 14.6. The molecule has 1 aliphatic heterocycles. The predicted molar refractivity (Wildman–Crippen MR) is 106 cm³/mol. The summed E-state index contributed by atoms with van der Waals surface area (Å²) in [5.74, 6) is -0.0256. The van der Waals surface area contributed by atoms with Crippen molar-refractivity contribution in [3.05, 3.63) is 65.2 Å². The highest BCUT2D eigenvalue weighted by Gasteiger charge is 2.26. The van der Waals surface area contributed by atoms with Gasteiger partial charge in [0, 0.05) is 24.5 Å². The van der Waals surface area contributed by atoms with Gasteiger partial charge in [-0.05, 0) is 49.1 Å². The maximum Gasteiger partial charge on any atom is 0.241 e. The minimum absolute atomic E-state index is 0.0256. The third-order valence-electron chi connectivity index (χ3n) is 4.71. The molecule has 2 aromatic rings. The summed E-state index contributed by atoms with van der Waals surface area (Å²) in [5, 5.41) is 0.467. The van der Waals surface area contributed by atoms with Crippen LogP contribution in [0, 0.1) is 0 Å². The van der Waals surface area contributed by atoms with Crippen LogP contribution in [0.2, 0.25) is 5.02 Å². The van der Waals surface area contributed by atoms with E-state index in [-0.39, 0.29) is 17.2 Å². The number of hydrogen-bond donors (Lipinski definition) is 1. The molecular weight excluding hydrogens is 384 g/mol. The highest BCUT2D eigenvalue weighted by atomic mass is 35.5. The summed E-state index contributed by atoms with van der Waals surface area (Å²) in [6.07, 6.45) is 3.22. The fourth-order valence-electron chi connectivity index (χ4n) is 3.23. The molecule has 0 bridgehead atoms. The van der Waals surface area contributed by atoms with Crippen molar-refractivity contribution < 1.29 is 13.2 Å². The zero-order chi connectivity index (χ0) is 19.3. The molecule has 1 saturated heterocycles. The van der Waals surface area contributed by atoms with Crippen LogP contribution in [-0.4, -0.2) is 32.3 Å². The molecule has 0 spiro atoms. The van der Waals surface area contributed by atoms with E-state index in [1.165, 1.54) is 24.3 Å². The van der Waals surface area contributed by atoms with E-state index in [4.69, 9.17) is 11.6 Å². The monoisotopic (exact) mass is 406 g/mol. The lowest BCUT2D eigenvalue weighted by atomic mass is 10.0. The third kappa shape index (κ3) is 5.31. The van der Waals surface area contributed by atoms with Crippen LogP contribution >= 0.6 is 11.6 Å². The Morgan fingerprint density at radius 2 is 1.63 bits per heavy atom. The average molecular weight is 407 g/mol. The number of halogens is 1. The summed E-state index contributed by atoms with van der Waals surface area (Å²) < 4.78 is 28.3. The van der Waals surface area contributed by atoms with E-state index >= 15 is 0 Å². The van der Waals surface area contributed by atoms with Crippen LogP contribution in [0.5, 0.6) is 0 Å². The molecule has 1 aliphatic rings. The molecule has 2 aromatic carbocycles. The molecular formula is C20H23ClN2O3S. The van der Waals surface area contributed by atoms with Gasteiger partial charge in [-0.25, -0.2) is 13.1 Å². The number of carbonyl (C=O) groups excluding carboxylic acids is 1. The molecule has 5 nitrogen and oxygen atoms in total. The molecule has 27 heavy (non-hydrogen) atoms. The molecule has 0 radical (unpaired) electrons. The van der Waals surface area contributed by atoms with E-state index in [9.17, 15) is 13.2 Å². The van der Waals surface area contributed by atoms with Crippen LogP contribution in [0.25, 0.3) is 0 Å². The van der Waals surface area contributed by atoms with E-state index in [2.05, 4.69) is 4.72 Å². The number of nitrogens with one attached hydrogen (secondary N) is 1. The minimum Gasteiger partial charge on any atom is -0.343 e. The SMILES string of the molecule is O=C(CC(NS(=O)(=O)c1ccc(Cl)cc1)c1ccccc1)N1CCCCC1. The Morgan fingerprint density at radius 1 is 1.00 bits per heavy atom. The van der Waals surface area contributed by atoms with Crippen LogP contribution in [0.15, 0.2) is 59.5 Å². The lowest BCUT2D eigenvalue weighted by Gasteiger charge is -2.29. The Bertz CT molecular complexity index is 864. The van der Waals surface area contributed by atoms with Crippen LogP contribution in [0.3, 0.4) is 0 Å². The van der Waals surface area contributed by atoms with Crippen molar-refractivity contribution in [1.29, 1.82) is 0 Å². The normalized spacial score (nSPS) is 16.1. The largest absolute Gasteiger partial charge is 0.343 e. The molecule has 0 saturated carbocycles. The summed E-state index contributed by atoms with van der Waals surface area (Å²) in [6.45, 7) is 1.48. The summed E-state index contributed by atoms with van der Waals surface area (Å²) >= 11 is 5.85. The van der Waals surface area contributed by atoms with Crippen molar-refractivity contribution in [2.45, 2.75) is 36.6 Å². The molecule has 1 unspecified atom stereocenters. The second-order valence-corrected chi connectivity index (χ2v) is 8.83. The highest BCUT2D eigenvalue weighted by Crippen LogP contribution is 2.23. The number of carbonyl (C=O) groups is 1. The zero-order valence-corrected chi connectivity index (χ0v) is 16.5. The topological polar surface area (TPSA) is 66.5 Å². The molecule has 1 fully saturated rings. The Labute approximate surface area is 165 Å². The molecule has 144 valence electrons. The maximum atomic E-state index is 12.8. The van der Waals surface area contributed by atoms with Crippen molar-refractivity contribution in [3.63, 3.8) is 0 Å². The molecule has 1 amide bonds. The van der Waals surface area contributed by atoms with E-state index in [1.54, 1.807) is 0 Å². The Kier molecular flexibility index (Phi) is 6.52.